The summed E-state index contributed by atoms with van der Waals surface area (Å²) < 4.78 is 5.01. The predicted molar refractivity (Wildman–Crippen MR) is 52.8 cm³/mol. The van der Waals surface area contributed by atoms with Crippen LogP contribution in [0.4, 0.5) is 5.69 Å². The molecule has 6 nitrogen and oxygen atoms in total. The van der Waals surface area contributed by atoms with Crippen LogP contribution in [-0.4, -0.2) is 17.0 Å². The molecule has 1 aromatic carbocycles. The van der Waals surface area contributed by atoms with Gasteiger partial charge in [0, 0.05) is 6.07 Å². The molecule has 0 saturated heterocycles. The van der Waals surface area contributed by atoms with Gasteiger partial charge in [-0.3, -0.25) is 10.1 Å². The first-order valence-electron chi connectivity index (χ1n) is 4.67. The van der Waals surface area contributed by atoms with Crippen molar-refractivity contribution < 1.29 is 19.6 Å². The van der Waals surface area contributed by atoms with E-state index < -0.39 is 17.0 Å². The van der Waals surface area contributed by atoms with Gasteiger partial charge in [0.15, 0.2) is 5.75 Å². The van der Waals surface area contributed by atoms with Gasteiger partial charge in [-0.1, -0.05) is 19.1 Å². The number of ether oxygens (including phenoxy) is 1. The number of benzene rings is 1. The quantitative estimate of drug-likeness (QED) is 0.536. The van der Waals surface area contributed by atoms with Crippen molar-refractivity contribution in [3.05, 3.63) is 34.4 Å². The SMILES string of the molecule is CCC(Oc1ccccc1[N+](=O)[O-])C(=O)[O-]. The van der Waals surface area contributed by atoms with Crippen LogP contribution in [0.3, 0.4) is 0 Å². The molecule has 0 saturated carbocycles. The largest absolute Gasteiger partial charge is 0.546 e. The molecular weight excluding hydrogens is 214 g/mol. The van der Waals surface area contributed by atoms with Gasteiger partial charge in [-0.2, -0.15) is 0 Å². The Labute approximate surface area is 91.6 Å². The van der Waals surface area contributed by atoms with Crippen LogP contribution in [0.5, 0.6) is 5.75 Å². The molecule has 0 aliphatic heterocycles. The van der Waals surface area contributed by atoms with Crippen LogP contribution in [0.15, 0.2) is 24.3 Å². The fraction of sp³-hybridized carbons (Fsp3) is 0.300. The molecule has 0 fully saturated rings. The number of para-hydroxylation sites is 2. The van der Waals surface area contributed by atoms with Crippen LogP contribution < -0.4 is 9.84 Å². The molecule has 0 N–H and O–H groups in total. The monoisotopic (exact) mass is 224 g/mol. The van der Waals surface area contributed by atoms with Gasteiger partial charge in [0.05, 0.1) is 10.9 Å². The Hall–Kier alpha value is -2.11. The lowest BCUT2D eigenvalue weighted by molar-refractivity contribution is -0.386. The minimum atomic E-state index is -1.39. The van der Waals surface area contributed by atoms with Crippen molar-refractivity contribution >= 4 is 11.7 Å². The summed E-state index contributed by atoms with van der Waals surface area (Å²) in [5, 5.41) is 21.2. The standard InChI is InChI=1S/C10H11NO5/c1-2-8(10(12)13)16-9-6-4-3-5-7(9)11(14)15/h3-6,8H,2H2,1H3,(H,12,13)/p-1. The number of carboxylic acids is 1. The second-order valence-electron chi connectivity index (χ2n) is 3.06. The first-order valence-corrected chi connectivity index (χ1v) is 4.67. The van der Waals surface area contributed by atoms with Crippen LogP contribution in [0.1, 0.15) is 13.3 Å². The first kappa shape index (κ1) is 12.0. The van der Waals surface area contributed by atoms with Gasteiger partial charge >= 0.3 is 5.69 Å². The van der Waals surface area contributed by atoms with Gasteiger partial charge in [-0.15, -0.1) is 0 Å². The lowest BCUT2D eigenvalue weighted by Crippen LogP contribution is -2.39. The average Bonchev–Trinajstić information content (AvgIpc) is 2.25. The van der Waals surface area contributed by atoms with Crippen LogP contribution in [-0.2, 0) is 4.79 Å². The molecular formula is C10H10NO5-. The van der Waals surface area contributed by atoms with Crippen LogP contribution in [0.25, 0.3) is 0 Å². The Balaban J connectivity index is 2.95. The summed E-state index contributed by atoms with van der Waals surface area (Å²) in [4.78, 5) is 20.6. The van der Waals surface area contributed by atoms with Gasteiger partial charge in [0.25, 0.3) is 0 Å². The third-order valence-corrected chi connectivity index (χ3v) is 1.96. The molecule has 86 valence electrons. The molecule has 1 rings (SSSR count). The average molecular weight is 224 g/mol. The third-order valence-electron chi connectivity index (χ3n) is 1.96. The first-order chi connectivity index (χ1) is 7.56. The van der Waals surface area contributed by atoms with E-state index >= 15 is 0 Å². The minimum absolute atomic E-state index is 0.0662. The molecule has 0 radical (unpaired) electrons. The number of carboxylic acid groups (broad SMARTS) is 1. The summed E-state index contributed by atoms with van der Waals surface area (Å²) in [6, 6.07) is 5.61. The van der Waals surface area contributed by atoms with Crippen molar-refractivity contribution in [1.29, 1.82) is 0 Å². The molecule has 16 heavy (non-hydrogen) atoms. The molecule has 0 bridgehead atoms. The van der Waals surface area contributed by atoms with E-state index in [1.165, 1.54) is 24.3 Å². The maximum atomic E-state index is 10.6. The topological polar surface area (TPSA) is 92.5 Å². The zero-order valence-corrected chi connectivity index (χ0v) is 8.58. The molecule has 0 aliphatic carbocycles. The molecule has 1 atom stereocenters. The molecule has 0 spiro atoms. The summed E-state index contributed by atoms with van der Waals surface area (Å²) in [5.74, 6) is -1.45. The zero-order valence-electron chi connectivity index (χ0n) is 8.58. The van der Waals surface area contributed by atoms with Crippen molar-refractivity contribution in [3.63, 3.8) is 0 Å². The number of aliphatic carboxylic acids is 1. The molecule has 0 aliphatic rings. The van der Waals surface area contributed by atoms with Crippen LogP contribution in [0.2, 0.25) is 0 Å². The van der Waals surface area contributed by atoms with Crippen molar-refractivity contribution in [2.45, 2.75) is 19.4 Å². The lowest BCUT2D eigenvalue weighted by Gasteiger charge is -2.17. The molecule has 6 heteroatoms. The Kier molecular flexibility index (Phi) is 3.82. The van der Waals surface area contributed by atoms with Gasteiger partial charge < -0.3 is 14.6 Å². The number of hydrogen-bond acceptors (Lipinski definition) is 5. The maximum Gasteiger partial charge on any atom is 0.310 e. The van der Waals surface area contributed by atoms with E-state index in [9.17, 15) is 20.0 Å². The molecule has 0 amide bonds. The van der Waals surface area contributed by atoms with Gasteiger partial charge in [-0.25, -0.2) is 0 Å². The van der Waals surface area contributed by atoms with Crippen molar-refractivity contribution in [3.8, 4) is 5.75 Å². The van der Waals surface area contributed by atoms with Crippen molar-refractivity contribution in [2.24, 2.45) is 0 Å². The fourth-order valence-corrected chi connectivity index (χ4v) is 1.16. The number of nitro groups is 1. The van der Waals surface area contributed by atoms with E-state index in [0.717, 1.165) is 0 Å². The summed E-state index contributed by atoms with van der Waals surface area (Å²) in [6.07, 6.45) is -1.00. The van der Waals surface area contributed by atoms with Gasteiger partial charge in [0.2, 0.25) is 0 Å². The number of nitro benzene ring substituents is 1. The predicted octanol–water partition coefficient (Wildman–Crippen LogP) is 0.502. The van der Waals surface area contributed by atoms with E-state index in [4.69, 9.17) is 4.74 Å². The highest BCUT2D eigenvalue weighted by Crippen LogP contribution is 2.27. The fourth-order valence-electron chi connectivity index (χ4n) is 1.16. The van der Waals surface area contributed by atoms with Gasteiger partial charge in [0.1, 0.15) is 6.10 Å². The van der Waals surface area contributed by atoms with E-state index in [1.807, 2.05) is 0 Å². The summed E-state index contributed by atoms with van der Waals surface area (Å²) in [6.45, 7) is 1.59. The highest BCUT2D eigenvalue weighted by molar-refractivity contribution is 5.70. The number of rotatable bonds is 5. The minimum Gasteiger partial charge on any atom is -0.546 e. The molecule has 1 unspecified atom stereocenters. The maximum absolute atomic E-state index is 10.6. The normalized spacial score (nSPS) is 11.8. The second-order valence-corrected chi connectivity index (χ2v) is 3.06. The summed E-state index contributed by atoms with van der Waals surface area (Å²) >= 11 is 0. The van der Waals surface area contributed by atoms with Crippen molar-refractivity contribution in [2.75, 3.05) is 0 Å². The number of hydrogen-bond donors (Lipinski definition) is 0. The number of nitrogens with zero attached hydrogens (tertiary/aromatic N) is 1. The second kappa shape index (κ2) is 5.11. The van der Waals surface area contributed by atoms with E-state index in [0.29, 0.717) is 0 Å². The number of carbonyl (C=O) groups excluding carboxylic acids is 1. The summed E-state index contributed by atoms with van der Waals surface area (Å²) in [5.41, 5.74) is -0.262. The Morgan fingerprint density at radius 1 is 1.50 bits per heavy atom. The smallest absolute Gasteiger partial charge is 0.310 e. The Morgan fingerprint density at radius 3 is 2.62 bits per heavy atom. The van der Waals surface area contributed by atoms with Crippen LogP contribution >= 0.6 is 0 Å². The van der Waals surface area contributed by atoms with E-state index in [2.05, 4.69) is 0 Å². The number of carbonyl (C=O) groups is 1. The molecule has 1 aromatic rings. The zero-order chi connectivity index (χ0) is 12.1. The van der Waals surface area contributed by atoms with E-state index in [-0.39, 0.29) is 17.9 Å². The van der Waals surface area contributed by atoms with Gasteiger partial charge in [-0.05, 0) is 12.5 Å². The molecule has 0 heterocycles. The highest BCUT2D eigenvalue weighted by atomic mass is 16.6. The molecule has 0 aromatic heterocycles. The van der Waals surface area contributed by atoms with Crippen LogP contribution in [0, 0.1) is 10.1 Å². The third kappa shape index (κ3) is 2.69. The van der Waals surface area contributed by atoms with E-state index in [1.54, 1.807) is 6.92 Å². The summed E-state index contributed by atoms with van der Waals surface area (Å²) in [7, 11) is 0. The van der Waals surface area contributed by atoms with Crippen molar-refractivity contribution in [1.82, 2.24) is 0 Å². The highest BCUT2D eigenvalue weighted by Gasteiger charge is 2.17. The Bertz CT molecular complexity index is 404. The lowest BCUT2D eigenvalue weighted by atomic mass is 10.2. The Morgan fingerprint density at radius 2 is 2.12 bits per heavy atom.